The molecule has 25 heavy (non-hydrogen) atoms. The summed E-state index contributed by atoms with van der Waals surface area (Å²) in [6.45, 7) is 4.01. The lowest BCUT2D eigenvalue weighted by Crippen LogP contribution is -2.48. The Hall–Kier alpha value is -2.34. The van der Waals surface area contributed by atoms with Crippen LogP contribution < -0.4 is 10.6 Å². The largest absolute Gasteiger partial charge is 0.354 e. The molecule has 3 rings (SSSR count). The van der Waals surface area contributed by atoms with Crippen molar-refractivity contribution in [1.82, 2.24) is 25.3 Å². The van der Waals surface area contributed by atoms with Crippen molar-refractivity contribution < 1.29 is 0 Å². The Morgan fingerprint density at radius 2 is 1.96 bits per heavy atom. The molecule has 1 aromatic carbocycles. The summed E-state index contributed by atoms with van der Waals surface area (Å²) in [4.78, 5) is 6.87. The molecule has 2 N–H and O–H groups in total. The van der Waals surface area contributed by atoms with Crippen molar-refractivity contribution in [3.63, 3.8) is 0 Å². The molecule has 6 heteroatoms. The molecule has 134 valence electrons. The highest BCUT2D eigenvalue weighted by Gasteiger charge is 2.20. The molecule has 2 heterocycles. The van der Waals surface area contributed by atoms with Gasteiger partial charge in [-0.1, -0.05) is 30.3 Å². The molecule has 0 radical (unpaired) electrons. The van der Waals surface area contributed by atoms with Gasteiger partial charge in [-0.25, -0.2) is 0 Å². The van der Waals surface area contributed by atoms with Gasteiger partial charge in [-0.05, 0) is 18.4 Å². The fraction of sp³-hybridized carbons (Fsp3) is 0.474. The quantitative estimate of drug-likeness (QED) is 0.643. The van der Waals surface area contributed by atoms with E-state index < -0.39 is 0 Å². The van der Waals surface area contributed by atoms with Gasteiger partial charge in [-0.15, -0.1) is 0 Å². The standard InChI is InChI=1S/C19H28N6/c1-20-19(21-12-17-13-22-24(2)14-17)23-18-8-10-25(11-9-18)15-16-6-4-3-5-7-16/h3-7,13-14,18H,8-12,15H2,1-2H3,(H2,20,21,23). The van der Waals surface area contributed by atoms with Crippen LogP contribution in [0.25, 0.3) is 0 Å². The Balaban J connectivity index is 1.41. The molecule has 1 aliphatic heterocycles. The van der Waals surface area contributed by atoms with Gasteiger partial charge in [0, 0.05) is 58.1 Å². The highest BCUT2D eigenvalue weighted by Crippen LogP contribution is 2.13. The van der Waals surface area contributed by atoms with Crippen LogP contribution in [0.5, 0.6) is 0 Å². The van der Waals surface area contributed by atoms with E-state index in [2.05, 4.69) is 56.0 Å². The summed E-state index contributed by atoms with van der Waals surface area (Å²) in [6, 6.07) is 11.2. The number of hydrogen-bond donors (Lipinski definition) is 2. The van der Waals surface area contributed by atoms with Gasteiger partial charge in [0.05, 0.1) is 6.20 Å². The lowest BCUT2D eigenvalue weighted by molar-refractivity contribution is 0.198. The number of aliphatic imine (C=N–C) groups is 1. The van der Waals surface area contributed by atoms with E-state index in [1.165, 1.54) is 5.56 Å². The average Bonchev–Trinajstić information content (AvgIpc) is 3.06. The fourth-order valence-electron chi connectivity index (χ4n) is 3.21. The normalized spacial score (nSPS) is 16.8. The first-order valence-corrected chi connectivity index (χ1v) is 8.94. The minimum atomic E-state index is 0.479. The topological polar surface area (TPSA) is 57.5 Å². The highest BCUT2D eigenvalue weighted by atomic mass is 15.2. The molecule has 0 unspecified atom stereocenters. The lowest BCUT2D eigenvalue weighted by Gasteiger charge is -2.33. The first-order chi connectivity index (χ1) is 12.2. The zero-order valence-electron chi connectivity index (χ0n) is 15.2. The number of rotatable bonds is 5. The monoisotopic (exact) mass is 340 g/mol. The van der Waals surface area contributed by atoms with E-state index in [-0.39, 0.29) is 0 Å². The van der Waals surface area contributed by atoms with Gasteiger partial charge in [-0.2, -0.15) is 5.10 Å². The van der Waals surface area contributed by atoms with Crippen molar-refractivity contribution in [2.75, 3.05) is 20.1 Å². The van der Waals surface area contributed by atoms with E-state index in [4.69, 9.17) is 0 Å². The van der Waals surface area contributed by atoms with Gasteiger partial charge in [0.1, 0.15) is 0 Å². The molecular formula is C19H28N6. The Labute approximate surface area is 149 Å². The van der Waals surface area contributed by atoms with Gasteiger partial charge in [0.25, 0.3) is 0 Å². The molecule has 1 aliphatic rings. The molecule has 2 aromatic rings. The van der Waals surface area contributed by atoms with E-state index in [1.807, 2.05) is 31.2 Å². The molecule has 0 saturated carbocycles. The molecular weight excluding hydrogens is 312 g/mol. The summed E-state index contributed by atoms with van der Waals surface area (Å²) in [6.07, 6.45) is 6.17. The number of nitrogens with one attached hydrogen (secondary N) is 2. The molecule has 1 saturated heterocycles. The van der Waals surface area contributed by atoms with Crippen LogP contribution in [0.2, 0.25) is 0 Å². The molecule has 1 fully saturated rings. The Morgan fingerprint density at radius 1 is 1.20 bits per heavy atom. The minimum absolute atomic E-state index is 0.479. The summed E-state index contributed by atoms with van der Waals surface area (Å²) >= 11 is 0. The fourth-order valence-corrected chi connectivity index (χ4v) is 3.21. The van der Waals surface area contributed by atoms with Crippen LogP contribution in [0.15, 0.2) is 47.7 Å². The summed E-state index contributed by atoms with van der Waals surface area (Å²) in [5, 5.41) is 11.1. The molecule has 6 nitrogen and oxygen atoms in total. The SMILES string of the molecule is CN=C(NCc1cnn(C)c1)NC1CCN(Cc2ccccc2)CC1. The Kier molecular flexibility index (Phi) is 6.06. The number of nitrogens with zero attached hydrogens (tertiary/aromatic N) is 4. The van der Waals surface area contributed by atoms with Gasteiger partial charge in [0.15, 0.2) is 5.96 Å². The van der Waals surface area contributed by atoms with E-state index in [1.54, 1.807) is 0 Å². The van der Waals surface area contributed by atoms with Crippen LogP contribution in [0.4, 0.5) is 0 Å². The van der Waals surface area contributed by atoms with Crippen molar-refractivity contribution in [1.29, 1.82) is 0 Å². The number of guanidine groups is 1. The van der Waals surface area contributed by atoms with Gasteiger partial charge in [-0.3, -0.25) is 14.6 Å². The van der Waals surface area contributed by atoms with Crippen molar-refractivity contribution in [3.8, 4) is 0 Å². The number of likely N-dealkylation sites (tertiary alicyclic amines) is 1. The summed E-state index contributed by atoms with van der Waals surface area (Å²) in [5.74, 6) is 0.866. The van der Waals surface area contributed by atoms with Crippen molar-refractivity contribution >= 4 is 5.96 Å². The Bertz CT molecular complexity index is 670. The van der Waals surface area contributed by atoms with Crippen LogP contribution in [-0.2, 0) is 20.1 Å². The maximum Gasteiger partial charge on any atom is 0.191 e. The molecule has 0 bridgehead atoms. The zero-order chi connectivity index (χ0) is 17.5. The number of aromatic nitrogens is 2. The highest BCUT2D eigenvalue weighted by molar-refractivity contribution is 5.79. The molecule has 0 atom stereocenters. The van der Waals surface area contributed by atoms with Crippen LogP contribution in [-0.4, -0.2) is 46.8 Å². The number of hydrogen-bond acceptors (Lipinski definition) is 3. The third kappa shape index (κ3) is 5.32. The second kappa shape index (κ2) is 8.67. The first-order valence-electron chi connectivity index (χ1n) is 8.94. The van der Waals surface area contributed by atoms with Crippen molar-refractivity contribution in [3.05, 3.63) is 53.9 Å². The van der Waals surface area contributed by atoms with Gasteiger partial charge < -0.3 is 10.6 Å². The lowest BCUT2D eigenvalue weighted by atomic mass is 10.0. The number of aryl methyl sites for hydroxylation is 1. The molecule has 0 amide bonds. The van der Waals surface area contributed by atoms with E-state index in [0.717, 1.165) is 50.5 Å². The van der Waals surface area contributed by atoms with Crippen LogP contribution in [0, 0.1) is 0 Å². The van der Waals surface area contributed by atoms with Crippen molar-refractivity contribution in [2.24, 2.45) is 12.0 Å². The summed E-state index contributed by atoms with van der Waals surface area (Å²) in [7, 11) is 3.75. The van der Waals surface area contributed by atoms with Gasteiger partial charge in [0.2, 0.25) is 0 Å². The predicted molar refractivity (Wildman–Crippen MR) is 101 cm³/mol. The Morgan fingerprint density at radius 3 is 2.60 bits per heavy atom. The van der Waals surface area contributed by atoms with Crippen LogP contribution in [0.3, 0.4) is 0 Å². The zero-order valence-corrected chi connectivity index (χ0v) is 15.2. The average molecular weight is 340 g/mol. The summed E-state index contributed by atoms with van der Waals surface area (Å²) in [5.41, 5.74) is 2.55. The second-order valence-corrected chi connectivity index (χ2v) is 6.63. The van der Waals surface area contributed by atoms with Crippen molar-refractivity contribution in [2.45, 2.75) is 32.0 Å². The molecule has 0 aliphatic carbocycles. The maximum atomic E-state index is 4.34. The number of benzene rings is 1. The second-order valence-electron chi connectivity index (χ2n) is 6.63. The third-order valence-electron chi connectivity index (χ3n) is 4.62. The van der Waals surface area contributed by atoms with E-state index in [9.17, 15) is 0 Å². The maximum absolute atomic E-state index is 4.34. The molecule has 0 spiro atoms. The van der Waals surface area contributed by atoms with Crippen LogP contribution in [0.1, 0.15) is 24.0 Å². The third-order valence-corrected chi connectivity index (χ3v) is 4.62. The smallest absolute Gasteiger partial charge is 0.191 e. The van der Waals surface area contributed by atoms with Crippen LogP contribution >= 0.6 is 0 Å². The predicted octanol–water partition coefficient (Wildman–Crippen LogP) is 1.75. The summed E-state index contributed by atoms with van der Waals surface area (Å²) < 4.78 is 1.82. The minimum Gasteiger partial charge on any atom is -0.354 e. The van der Waals surface area contributed by atoms with Gasteiger partial charge >= 0.3 is 0 Å². The molecule has 1 aromatic heterocycles. The van der Waals surface area contributed by atoms with E-state index in [0.29, 0.717) is 6.04 Å². The number of piperidine rings is 1. The first kappa shape index (κ1) is 17.5. The van der Waals surface area contributed by atoms with E-state index >= 15 is 0 Å².